The van der Waals surface area contributed by atoms with Gasteiger partial charge in [-0.2, -0.15) is 0 Å². The molecule has 2 atom stereocenters. The molecule has 3 aromatic rings. The summed E-state index contributed by atoms with van der Waals surface area (Å²) in [6, 6.07) is 18.1. The SMILES string of the molecule is O=C1[C@@H](Oc2ccc(Cl)cc2)[C@@H](c2ccc3c(c2)OCO3)N1Cc1ccc2c(c1)OCO2. The fourth-order valence-electron chi connectivity index (χ4n) is 4.16. The van der Waals surface area contributed by atoms with Crippen molar-refractivity contribution in [1.29, 1.82) is 0 Å². The molecule has 0 N–H and O–H groups in total. The highest BCUT2D eigenvalue weighted by molar-refractivity contribution is 6.30. The van der Waals surface area contributed by atoms with Crippen LogP contribution in [-0.2, 0) is 11.3 Å². The number of likely N-dealkylation sites (tertiary alicyclic amines) is 1. The fraction of sp³-hybridized carbons (Fsp3) is 0.208. The van der Waals surface area contributed by atoms with Crippen LogP contribution in [0.4, 0.5) is 0 Å². The summed E-state index contributed by atoms with van der Waals surface area (Å²) >= 11 is 5.98. The maximum absolute atomic E-state index is 13.2. The number of benzene rings is 3. The Hall–Kier alpha value is -3.58. The molecule has 0 aliphatic carbocycles. The second-order valence-corrected chi connectivity index (χ2v) is 8.14. The number of nitrogens with zero attached hydrogens (tertiary/aromatic N) is 1. The minimum absolute atomic E-state index is 0.0970. The molecule has 32 heavy (non-hydrogen) atoms. The van der Waals surface area contributed by atoms with E-state index in [9.17, 15) is 4.79 Å². The number of amides is 1. The number of rotatable bonds is 5. The maximum Gasteiger partial charge on any atom is 0.267 e. The van der Waals surface area contributed by atoms with Gasteiger partial charge in [0.05, 0.1) is 0 Å². The van der Waals surface area contributed by atoms with E-state index in [1.165, 1.54) is 0 Å². The van der Waals surface area contributed by atoms with E-state index in [0.717, 1.165) is 11.1 Å². The zero-order chi connectivity index (χ0) is 21.7. The van der Waals surface area contributed by atoms with Crippen molar-refractivity contribution in [3.8, 4) is 28.7 Å². The smallest absolute Gasteiger partial charge is 0.267 e. The predicted octanol–water partition coefficient (Wildman–Crippen LogP) is 4.33. The van der Waals surface area contributed by atoms with E-state index >= 15 is 0 Å². The van der Waals surface area contributed by atoms with Gasteiger partial charge in [-0.25, -0.2) is 0 Å². The Balaban J connectivity index is 1.30. The van der Waals surface area contributed by atoms with E-state index in [1.807, 2.05) is 36.4 Å². The molecule has 0 radical (unpaired) electrons. The van der Waals surface area contributed by atoms with Gasteiger partial charge in [0, 0.05) is 11.6 Å². The Labute approximate surface area is 189 Å². The first kappa shape index (κ1) is 19.1. The summed E-state index contributed by atoms with van der Waals surface area (Å²) in [4.78, 5) is 14.9. The van der Waals surface area contributed by atoms with Crippen LogP contribution in [0.15, 0.2) is 60.7 Å². The van der Waals surface area contributed by atoms with Crippen molar-refractivity contribution >= 4 is 17.5 Å². The Morgan fingerprint density at radius 3 is 2.25 bits per heavy atom. The number of ether oxygens (including phenoxy) is 5. The quantitative estimate of drug-likeness (QED) is 0.538. The second kappa shape index (κ2) is 7.53. The molecule has 3 aliphatic rings. The molecule has 1 fully saturated rings. The predicted molar refractivity (Wildman–Crippen MR) is 114 cm³/mol. The molecule has 1 saturated heterocycles. The van der Waals surface area contributed by atoms with Crippen LogP contribution in [0.1, 0.15) is 17.2 Å². The topological polar surface area (TPSA) is 66.5 Å². The largest absolute Gasteiger partial charge is 0.478 e. The molecule has 1 amide bonds. The van der Waals surface area contributed by atoms with Crippen LogP contribution >= 0.6 is 11.6 Å². The third-order valence-corrected chi connectivity index (χ3v) is 6.01. The van der Waals surface area contributed by atoms with Crippen molar-refractivity contribution in [2.75, 3.05) is 13.6 Å². The highest BCUT2D eigenvalue weighted by Crippen LogP contribution is 2.43. The zero-order valence-electron chi connectivity index (χ0n) is 16.8. The molecule has 162 valence electrons. The molecule has 0 unspecified atom stereocenters. The van der Waals surface area contributed by atoms with E-state index < -0.39 is 6.10 Å². The molecule has 0 spiro atoms. The number of hydrogen-bond donors (Lipinski definition) is 0. The third kappa shape index (κ3) is 3.26. The average Bonchev–Trinajstić information content (AvgIpc) is 3.47. The summed E-state index contributed by atoms with van der Waals surface area (Å²) in [5.74, 6) is 3.23. The van der Waals surface area contributed by atoms with Crippen molar-refractivity contribution in [2.24, 2.45) is 0 Å². The van der Waals surface area contributed by atoms with Crippen LogP contribution in [0.5, 0.6) is 28.7 Å². The molecule has 8 heteroatoms. The molecular weight excluding hydrogens is 434 g/mol. The van der Waals surface area contributed by atoms with E-state index in [-0.39, 0.29) is 25.5 Å². The second-order valence-electron chi connectivity index (χ2n) is 7.70. The average molecular weight is 452 g/mol. The summed E-state index contributed by atoms with van der Waals surface area (Å²) in [6.45, 7) is 0.807. The van der Waals surface area contributed by atoms with E-state index in [4.69, 9.17) is 35.3 Å². The molecule has 3 aromatic carbocycles. The highest BCUT2D eigenvalue weighted by Gasteiger charge is 2.50. The van der Waals surface area contributed by atoms with E-state index in [2.05, 4.69) is 0 Å². The summed E-state index contributed by atoms with van der Waals surface area (Å²) in [6.07, 6.45) is -0.662. The highest BCUT2D eigenvalue weighted by atomic mass is 35.5. The minimum atomic E-state index is -0.662. The normalized spacial score (nSPS) is 20.3. The molecule has 3 aliphatic heterocycles. The summed E-state index contributed by atoms with van der Waals surface area (Å²) in [7, 11) is 0. The Kier molecular flexibility index (Phi) is 4.50. The van der Waals surface area contributed by atoms with Crippen LogP contribution in [0.3, 0.4) is 0 Å². The van der Waals surface area contributed by atoms with Gasteiger partial charge in [-0.3, -0.25) is 4.79 Å². The lowest BCUT2D eigenvalue weighted by Gasteiger charge is -2.46. The number of carbonyl (C=O) groups excluding carboxylic acids is 1. The van der Waals surface area contributed by atoms with Gasteiger partial charge in [0.2, 0.25) is 19.7 Å². The molecule has 0 aromatic heterocycles. The van der Waals surface area contributed by atoms with Crippen molar-refractivity contribution in [3.63, 3.8) is 0 Å². The van der Waals surface area contributed by atoms with Crippen molar-refractivity contribution in [1.82, 2.24) is 4.90 Å². The van der Waals surface area contributed by atoms with Gasteiger partial charge in [0.1, 0.15) is 11.8 Å². The Morgan fingerprint density at radius 1 is 0.844 bits per heavy atom. The number of fused-ring (bicyclic) bond motifs is 2. The van der Waals surface area contributed by atoms with Crippen LogP contribution in [0, 0.1) is 0 Å². The molecule has 3 heterocycles. The molecule has 6 rings (SSSR count). The lowest BCUT2D eigenvalue weighted by molar-refractivity contribution is -0.165. The van der Waals surface area contributed by atoms with Crippen LogP contribution in [-0.4, -0.2) is 30.5 Å². The lowest BCUT2D eigenvalue weighted by Crippen LogP contribution is -2.60. The van der Waals surface area contributed by atoms with Gasteiger partial charge in [-0.05, 0) is 59.7 Å². The van der Waals surface area contributed by atoms with Crippen molar-refractivity contribution < 1.29 is 28.5 Å². The first-order valence-corrected chi connectivity index (χ1v) is 10.5. The lowest BCUT2D eigenvalue weighted by atomic mass is 9.89. The molecule has 0 bridgehead atoms. The van der Waals surface area contributed by atoms with E-state index in [1.54, 1.807) is 29.2 Å². The Morgan fingerprint density at radius 2 is 1.50 bits per heavy atom. The standard InChI is InChI=1S/C24H18ClNO6/c25-16-3-5-17(6-4-16)32-23-22(15-2-8-19-21(10-15)31-13-29-19)26(24(23)27)11-14-1-7-18-20(9-14)30-12-28-18/h1-10,22-23H,11-13H2/t22-,23+/m1/s1. The molecule has 7 nitrogen and oxygen atoms in total. The number of carbonyl (C=O) groups is 1. The maximum atomic E-state index is 13.2. The van der Waals surface area contributed by atoms with Gasteiger partial charge in [-0.1, -0.05) is 23.7 Å². The first-order chi connectivity index (χ1) is 15.7. The monoisotopic (exact) mass is 451 g/mol. The minimum Gasteiger partial charge on any atom is -0.478 e. The zero-order valence-corrected chi connectivity index (χ0v) is 17.6. The van der Waals surface area contributed by atoms with Crippen molar-refractivity contribution in [3.05, 3.63) is 76.8 Å². The fourth-order valence-corrected chi connectivity index (χ4v) is 4.28. The van der Waals surface area contributed by atoms with Gasteiger partial charge in [0.25, 0.3) is 5.91 Å². The van der Waals surface area contributed by atoms with Gasteiger partial charge >= 0.3 is 0 Å². The number of halogens is 1. The third-order valence-electron chi connectivity index (χ3n) is 5.75. The molecular formula is C24H18ClNO6. The number of hydrogen-bond acceptors (Lipinski definition) is 6. The summed E-state index contributed by atoms with van der Waals surface area (Å²) in [5, 5.41) is 0.606. The number of β-lactam (4-membered cyclic amide) rings is 1. The Bertz CT molecular complexity index is 1200. The summed E-state index contributed by atoms with van der Waals surface area (Å²) < 4.78 is 27.9. The van der Waals surface area contributed by atoms with Gasteiger partial charge in [0.15, 0.2) is 23.0 Å². The summed E-state index contributed by atoms with van der Waals surface area (Å²) in [5.41, 5.74) is 1.85. The van der Waals surface area contributed by atoms with Gasteiger partial charge in [-0.15, -0.1) is 0 Å². The van der Waals surface area contributed by atoms with Crippen LogP contribution < -0.4 is 23.7 Å². The van der Waals surface area contributed by atoms with Gasteiger partial charge < -0.3 is 28.6 Å². The van der Waals surface area contributed by atoms with Crippen molar-refractivity contribution in [2.45, 2.75) is 18.7 Å². The van der Waals surface area contributed by atoms with Crippen LogP contribution in [0.2, 0.25) is 5.02 Å². The van der Waals surface area contributed by atoms with Crippen LogP contribution in [0.25, 0.3) is 0 Å². The van der Waals surface area contributed by atoms with E-state index in [0.29, 0.717) is 40.3 Å². The molecule has 0 saturated carbocycles. The first-order valence-electron chi connectivity index (χ1n) is 10.2.